The van der Waals surface area contributed by atoms with E-state index < -0.39 is 0 Å². The maximum absolute atomic E-state index is 9.56. The van der Waals surface area contributed by atoms with Crippen LogP contribution < -0.4 is 10.6 Å². The number of fused-ring (bicyclic) bond motifs is 1. The van der Waals surface area contributed by atoms with Gasteiger partial charge in [0, 0.05) is 34.9 Å². The summed E-state index contributed by atoms with van der Waals surface area (Å²) in [6.45, 7) is 1.03. The van der Waals surface area contributed by atoms with Crippen LogP contribution in [0, 0.1) is 11.3 Å². The molecule has 3 aromatic rings. The summed E-state index contributed by atoms with van der Waals surface area (Å²) in [6.07, 6.45) is 1.03. The number of aromatic nitrogens is 1. The fourth-order valence-corrected chi connectivity index (χ4v) is 3.84. The molecule has 1 aliphatic rings. The lowest BCUT2D eigenvalue weighted by Crippen LogP contribution is -2.12. The van der Waals surface area contributed by atoms with Crippen LogP contribution in [0.2, 0.25) is 0 Å². The third-order valence-corrected chi connectivity index (χ3v) is 5.29. The quantitative estimate of drug-likeness (QED) is 0.676. The zero-order chi connectivity index (χ0) is 18.3. The molecule has 1 aromatic heterocycles. The first-order chi connectivity index (χ1) is 12.6. The Bertz CT molecular complexity index is 1050. The molecule has 5 heteroatoms. The number of pyridine rings is 1. The van der Waals surface area contributed by atoms with Crippen molar-refractivity contribution in [2.75, 3.05) is 24.2 Å². The van der Waals surface area contributed by atoms with E-state index in [-0.39, 0.29) is 5.82 Å². The Labute approximate surface area is 161 Å². The average Bonchev–Trinajstić information content (AvgIpc) is 3.01. The minimum Gasteiger partial charge on any atom is -0.383 e. The lowest BCUT2D eigenvalue weighted by Gasteiger charge is -2.13. The van der Waals surface area contributed by atoms with Gasteiger partial charge in [-0.1, -0.05) is 34.1 Å². The lowest BCUT2D eigenvalue weighted by atomic mass is 9.97. The Balaban J connectivity index is 1.88. The second-order valence-corrected chi connectivity index (χ2v) is 7.37. The van der Waals surface area contributed by atoms with Gasteiger partial charge in [-0.25, -0.2) is 4.98 Å². The van der Waals surface area contributed by atoms with E-state index in [2.05, 4.69) is 57.1 Å². The Morgan fingerprint density at radius 1 is 1.15 bits per heavy atom. The van der Waals surface area contributed by atoms with Gasteiger partial charge < -0.3 is 10.6 Å². The average molecular weight is 405 g/mol. The van der Waals surface area contributed by atoms with Crippen LogP contribution in [0.1, 0.15) is 11.1 Å². The van der Waals surface area contributed by atoms with E-state index in [1.165, 1.54) is 11.3 Å². The molecule has 0 bridgehead atoms. The number of nitrogens with zero attached hydrogens (tertiary/aromatic N) is 3. The monoisotopic (exact) mass is 404 g/mol. The SMILES string of the molecule is CN1CCc2cc(-c3cc(-c4cccc(Br)c4)c(C#N)c(N)n3)ccc21. The van der Waals surface area contributed by atoms with E-state index in [1.54, 1.807) is 0 Å². The third kappa shape index (κ3) is 2.83. The number of nitrogens with two attached hydrogens (primary N) is 1. The molecule has 0 saturated heterocycles. The molecule has 26 heavy (non-hydrogen) atoms. The zero-order valence-electron chi connectivity index (χ0n) is 14.3. The van der Waals surface area contributed by atoms with Crippen LogP contribution in [0.15, 0.2) is 53.0 Å². The van der Waals surface area contributed by atoms with E-state index >= 15 is 0 Å². The minimum absolute atomic E-state index is 0.262. The Kier molecular flexibility index (Phi) is 4.14. The molecular formula is C21H17BrN4. The second-order valence-electron chi connectivity index (χ2n) is 6.45. The molecule has 0 atom stereocenters. The summed E-state index contributed by atoms with van der Waals surface area (Å²) in [4.78, 5) is 6.75. The van der Waals surface area contributed by atoms with Crippen molar-refractivity contribution in [1.82, 2.24) is 4.98 Å². The fourth-order valence-electron chi connectivity index (χ4n) is 3.44. The van der Waals surface area contributed by atoms with E-state index in [9.17, 15) is 5.26 Å². The highest BCUT2D eigenvalue weighted by Crippen LogP contribution is 2.35. The van der Waals surface area contributed by atoms with Gasteiger partial charge in [0.05, 0.1) is 5.69 Å². The van der Waals surface area contributed by atoms with Crippen LogP contribution >= 0.6 is 15.9 Å². The standard InChI is InChI=1S/C21H17BrN4/c1-26-8-7-15-9-14(5-6-20(15)26)19-11-17(18(12-23)21(24)25-19)13-3-2-4-16(22)10-13/h2-6,9-11H,7-8H2,1H3,(H2,24,25). The number of hydrogen-bond donors (Lipinski definition) is 1. The molecule has 2 aromatic carbocycles. The molecular weight excluding hydrogens is 388 g/mol. The molecule has 1 aliphatic heterocycles. The largest absolute Gasteiger partial charge is 0.383 e. The molecule has 4 rings (SSSR count). The maximum Gasteiger partial charge on any atom is 0.142 e. The van der Waals surface area contributed by atoms with Gasteiger partial charge in [0.1, 0.15) is 17.5 Å². The summed E-state index contributed by atoms with van der Waals surface area (Å²) in [6, 6.07) is 18.4. The number of halogens is 1. The van der Waals surface area contributed by atoms with Crippen molar-refractivity contribution in [3.05, 3.63) is 64.1 Å². The van der Waals surface area contributed by atoms with Gasteiger partial charge in [0.15, 0.2) is 0 Å². The molecule has 0 unspecified atom stereocenters. The topological polar surface area (TPSA) is 65.9 Å². The number of hydrogen-bond acceptors (Lipinski definition) is 4. The predicted octanol–water partition coefficient (Wildman–Crippen LogP) is 4.62. The number of anilines is 2. The number of nitriles is 1. The highest BCUT2D eigenvalue weighted by atomic mass is 79.9. The molecule has 0 fully saturated rings. The highest BCUT2D eigenvalue weighted by molar-refractivity contribution is 9.10. The first kappa shape index (κ1) is 16.6. The smallest absolute Gasteiger partial charge is 0.142 e. The Morgan fingerprint density at radius 3 is 2.77 bits per heavy atom. The molecule has 0 amide bonds. The summed E-state index contributed by atoms with van der Waals surface area (Å²) >= 11 is 3.49. The van der Waals surface area contributed by atoms with Crippen LogP contribution in [0.5, 0.6) is 0 Å². The minimum atomic E-state index is 0.262. The predicted molar refractivity (Wildman–Crippen MR) is 109 cm³/mol. The number of rotatable bonds is 2. The van der Waals surface area contributed by atoms with Crippen molar-refractivity contribution in [1.29, 1.82) is 5.26 Å². The molecule has 2 N–H and O–H groups in total. The fraction of sp³-hybridized carbons (Fsp3) is 0.143. The summed E-state index contributed by atoms with van der Waals surface area (Å²) in [5.74, 6) is 0.262. The molecule has 0 aliphatic carbocycles. The molecule has 0 radical (unpaired) electrons. The van der Waals surface area contributed by atoms with E-state index in [0.717, 1.165) is 39.8 Å². The van der Waals surface area contributed by atoms with Crippen molar-refractivity contribution in [2.45, 2.75) is 6.42 Å². The Hall–Kier alpha value is -2.84. The van der Waals surface area contributed by atoms with Gasteiger partial charge in [-0.3, -0.25) is 0 Å². The van der Waals surface area contributed by atoms with Crippen molar-refractivity contribution in [3.8, 4) is 28.5 Å². The normalized spacial score (nSPS) is 12.7. The highest BCUT2D eigenvalue weighted by Gasteiger charge is 2.18. The van der Waals surface area contributed by atoms with Crippen molar-refractivity contribution < 1.29 is 0 Å². The zero-order valence-corrected chi connectivity index (χ0v) is 15.9. The van der Waals surface area contributed by atoms with Gasteiger partial charge in [0.25, 0.3) is 0 Å². The molecule has 0 spiro atoms. The second kappa shape index (κ2) is 6.47. The van der Waals surface area contributed by atoms with Crippen LogP contribution in [-0.2, 0) is 6.42 Å². The van der Waals surface area contributed by atoms with Crippen LogP contribution in [-0.4, -0.2) is 18.6 Å². The van der Waals surface area contributed by atoms with Gasteiger partial charge in [-0.15, -0.1) is 0 Å². The maximum atomic E-state index is 9.56. The van der Waals surface area contributed by atoms with E-state index in [1.807, 2.05) is 30.3 Å². The first-order valence-electron chi connectivity index (χ1n) is 8.38. The van der Waals surface area contributed by atoms with Gasteiger partial charge in [0.2, 0.25) is 0 Å². The van der Waals surface area contributed by atoms with Crippen molar-refractivity contribution in [3.63, 3.8) is 0 Å². The number of nitrogen functional groups attached to an aromatic ring is 1. The molecule has 0 saturated carbocycles. The lowest BCUT2D eigenvalue weighted by molar-refractivity contribution is 0.956. The van der Waals surface area contributed by atoms with E-state index in [4.69, 9.17) is 5.73 Å². The van der Waals surface area contributed by atoms with Crippen LogP contribution in [0.3, 0.4) is 0 Å². The molecule has 128 valence electrons. The van der Waals surface area contributed by atoms with E-state index in [0.29, 0.717) is 5.56 Å². The van der Waals surface area contributed by atoms with Gasteiger partial charge >= 0.3 is 0 Å². The number of benzene rings is 2. The van der Waals surface area contributed by atoms with Crippen molar-refractivity contribution >= 4 is 27.4 Å². The third-order valence-electron chi connectivity index (χ3n) is 4.80. The molecule has 4 nitrogen and oxygen atoms in total. The van der Waals surface area contributed by atoms with Crippen LogP contribution in [0.4, 0.5) is 11.5 Å². The van der Waals surface area contributed by atoms with Crippen LogP contribution in [0.25, 0.3) is 22.4 Å². The summed E-state index contributed by atoms with van der Waals surface area (Å²) < 4.78 is 0.955. The number of likely N-dealkylation sites (N-methyl/N-ethyl adjacent to an activating group) is 1. The Morgan fingerprint density at radius 2 is 2.00 bits per heavy atom. The van der Waals surface area contributed by atoms with Gasteiger partial charge in [-0.05, 0) is 47.9 Å². The summed E-state index contributed by atoms with van der Waals surface area (Å²) in [7, 11) is 2.11. The van der Waals surface area contributed by atoms with Gasteiger partial charge in [-0.2, -0.15) is 5.26 Å². The summed E-state index contributed by atoms with van der Waals surface area (Å²) in [5, 5.41) is 9.56. The summed E-state index contributed by atoms with van der Waals surface area (Å²) in [5.41, 5.74) is 12.7. The molecule has 2 heterocycles. The van der Waals surface area contributed by atoms with Crippen molar-refractivity contribution in [2.24, 2.45) is 0 Å². The first-order valence-corrected chi connectivity index (χ1v) is 9.17.